The highest BCUT2D eigenvalue weighted by molar-refractivity contribution is 5.74. The smallest absolute Gasteiger partial charge is 0.294 e. The Bertz CT molecular complexity index is 1250. The van der Waals surface area contributed by atoms with Crippen LogP contribution < -0.4 is 10.1 Å². The fourth-order valence-corrected chi connectivity index (χ4v) is 5.85. The number of allylic oxidation sites excluding steroid dienone is 1. The number of benzene rings is 2. The lowest BCUT2D eigenvalue weighted by Gasteiger charge is -2.39. The first-order valence-electron chi connectivity index (χ1n) is 15.6. The van der Waals surface area contributed by atoms with Gasteiger partial charge in [0.15, 0.2) is 0 Å². The largest absolute Gasteiger partial charge is 0.483 e. The molecule has 11 nitrogen and oxygen atoms in total. The van der Waals surface area contributed by atoms with E-state index in [4.69, 9.17) is 28.4 Å². The number of hydrogen-bond acceptors (Lipinski definition) is 10. The molecule has 0 bridgehead atoms. The van der Waals surface area contributed by atoms with Crippen molar-refractivity contribution in [3.63, 3.8) is 0 Å². The van der Waals surface area contributed by atoms with Gasteiger partial charge in [-0.15, -0.1) is 10.1 Å². The number of hydrogen-bond donors (Lipinski definition) is 1. The normalized spacial score (nSPS) is 21.4. The predicted molar refractivity (Wildman–Crippen MR) is 170 cm³/mol. The summed E-state index contributed by atoms with van der Waals surface area (Å²) in [6.45, 7) is 9.75. The van der Waals surface area contributed by atoms with E-state index >= 15 is 0 Å². The third kappa shape index (κ3) is 10.5. The third-order valence-electron chi connectivity index (χ3n) is 7.91. The van der Waals surface area contributed by atoms with Crippen molar-refractivity contribution in [2.45, 2.75) is 76.7 Å². The molecule has 0 saturated carbocycles. The molecule has 2 aliphatic rings. The van der Waals surface area contributed by atoms with Crippen LogP contribution in [0.25, 0.3) is 5.57 Å². The Hall–Kier alpha value is -3.06. The van der Waals surface area contributed by atoms with Crippen LogP contribution in [0.5, 0.6) is 5.75 Å². The summed E-state index contributed by atoms with van der Waals surface area (Å²) < 4.78 is 35.2. The highest BCUT2D eigenvalue weighted by Crippen LogP contribution is 2.39. The highest BCUT2D eigenvalue weighted by atomic mass is 17.0. The summed E-state index contributed by atoms with van der Waals surface area (Å²) in [5.74, 6) is 0.769. The Morgan fingerprint density at radius 1 is 0.978 bits per heavy atom. The van der Waals surface area contributed by atoms with Crippen molar-refractivity contribution in [3.05, 3.63) is 80.9 Å². The summed E-state index contributed by atoms with van der Waals surface area (Å²) in [5.41, 5.74) is 5.14. The van der Waals surface area contributed by atoms with Crippen molar-refractivity contribution in [2.24, 2.45) is 0 Å². The van der Waals surface area contributed by atoms with Gasteiger partial charge in [0.2, 0.25) is 0 Å². The van der Waals surface area contributed by atoms with Crippen LogP contribution in [0.15, 0.2) is 48.5 Å². The molecule has 0 amide bonds. The van der Waals surface area contributed by atoms with Gasteiger partial charge in [0, 0.05) is 45.4 Å². The average molecular weight is 629 g/mol. The number of fused-ring (bicyclic) bond motifs is 1. The monoisotopic (exact) mass is 628 g/mol. The molecular weight excluding hydrogens is 580 g/mol. The van der Waals surface area contributed by atoms with Gasteiger partial charge in [0.05, 0.1) is 45.2 Å². The summed E-state index contributed by atoms with van der Waals surface area (Å²) >= 11 is 0. The molecule has 1 saturated heterocycles. The Kier molecular flexibility index (Phi) is 13.2. The fourth-order valence-electron chi connectivity index (χ4n) is 5.85. The standard InChI is InChI=1S/C34H48N2O9/c1-24(45-36(37)38)21-42-31-19-35-20-32(33(31)27-11-8-25(9-12-27)22-41-16-15-40-5)43-23-26-10-13-30-29(17-26)28(7-6-14-39-4)18-34(2,3)44-30/h8-13,17-18,24,31-33,35H,6-7,14-16,19-23H2,1-5H3/t24?,31-,32+,33+/m1/s1. The molecule has 248 valence electrons. The summed E-state index contributed by atoms with van der Waals surface area (Å²) in [5, 5.41) is 13.5. The van der Waals surface area contributed by atoms with Gasteiger partial charge in [0.25, 0.3) is 5.09 Å². The molecule has 1 unspecified atom stereocenters. The van der Waals surface area contributed by atoms with Gasteiger partial charge in [0.1, 0.15) is 17.5 Å². The van der Waals surface area contributed by atoms with Crippen LogP contribution in [0.3, 0.4) is 0 Å². The first-order chi connectivity index (χ1) is 21.7. The van der Waals surface area contributed by atoms with E-state index in [1.807, 2.05) is 6.07 Å². The summed E-state index contributed by atoms with van der Waals surface area (Å²) in [4.78, 5) is 15.5. The Morgan fingerprint density at radius 3 is 2.40 bits per heavy atom. The molecule has 2 aromatic carbocycles. The second-order valence-corrected chi connectivity index (χ2v) is 12.1. The number of ether oxygens (including phenoxy) is 6. The molecule has 45 heavy (non-hydrogen) atoms. The Labute approximate surface area is 266 Å². The van der Waals surface area contributed by atoms with Crippen LogP contribution in [0, 0.1) is 10.1 Å². The molecule has 2 aliphatic heterocycles. The van der Waals surface area contributed by atoms with E-state index in [9.17, 15) is 10.1 Å². The van der Waals surface area contributed by atoms with Gasteiger partial charge < -0.3 is 38.6 Å². The minimum atomic E-state index is -0.785. The van der Waals surface area contributed by atoms with Crippen molar-refractivity contribution >= 4 is 5.57 Å². The maximum absolute atomic E-state index is 10.8. The highest BCUT2D eigenvalue weighted by Gasteiger charge is 2.36. The van der Waals surface area contributed by atoms with Crippen LogP contribution in [0.1, 0.15) is 61.8 Å². The van der Waals surface area contributed by atoms with Gasteiger partial charge in [-0.1, -0.05) is 30.3 Å². The molecule has 1 N–H and O–H groups in total. The quantitative estimate of drug-likeness (QED) is 0.136. The molecular formula is C34H48N2O9. The van der Waals surface area contributed by atoms with Crippen LogP contribution in [0.2, 0.25) is 0 Å². The van der Waals surface area contributed by atoms with Crippen LogP contribution in [-0.2, 0) is 41.7 Å². The second-order valence-electron chi connectivity index (χ2n) is 12.1. The van der Waals surface area contributed by atoms with Crippen LogP contribution in [-0.4, -0.2) is 82.7 Å². The third-order valence-corrected chi connectivity index (χ3v) is 7.91. The zero-order chi connectivity index (χ0) is 32.2. The number of methoxy groups -OCH3 is 2. The summed E-state index contributed by atoms with van der Waals surface area (Å²) in [7, 11) is 3.38. The Morgan fingerprint density at radius 2 is 1.69 bits per heavy atom. The lowest BCUT2D eigenvalue weighted by Crippen LogP contribution is -2.51. The number of rotatable bonds is 18. The van der Waals surface area contributed by atoms with Gasteiger partial charge in [-0.2, -0.15) is 0 Å². The van der Waals surface area contributed by atoms with Crippen LogP contribution >= 0.6 is 0 Å². The molecule has 1 fully saturated rings. The lowest BCUT2D eigenvalue weighted by atomic mass is 9.85. The predicted octanol–water partition coefficient (Wildman–Crippen LogP) is 5.08. The van der Waals surface area contributed by atoms with E-state index in [0.29, 0.717) is 46.1 Å². The zero-order valence-electron chi connectivity index (χ0n) is 27.1. The van der Waals surface area contributed by atoms with E-state index in [0.717, 1.165) is 40.8 Å². The first kappa shape index (κ1) is 34.8. The fraction of sp³-hybridized carbons (Fsp3) is 0.588. The molecule has 0 aromatic heterocycles. The van der Waals surface area contributed by atoms with E-state index in [-0.39, 0.29) is 30.3 Å². The second kappa shape index (κ2) is 17.0. The van der Waals surface area contributed by atoms with Gasteiger partial charge in [-0.25, -0.2) is 0 Å². The van der Waals surface area contributed by atoms with Gasteiger partial charge >= 0.3 is 0 Å². The SMILES string of the molecule is COCCCC1=CC(C)(C)Oc2ccc(CO[C@H]3CNC[C@@H](OCC(C)O[N+](=O)[O-])[C@@H]3c3ccc(COCCOC)cc3)cc21. The summed E-state index contributed by atoms with van der Waals surface area (Å²) in [6, 6.07) is 14.5. The molecule has 0 aliphatic carbocycles. The molecule has 0 radical (unpaired) electrons. The Balaban J connectivity index is 1.50. The van der Waals surface area contributed by atoms with E-state index < -0.39 is 11.2 Å². The summed E-state index contributed by atoms with van der Waals surface area (Å²) in [6.07, 6.45) is 2.86. The minimum absolute atomic E-state index is 0.0846. The maximum atomic E-state index is 10.8. The molecule has 4 rings (SSSR count). The lowest BCUT2D eigenvalue weighted by molar-refractivity contribution is -0.768. The van der Waals surface area contributed by atoms with Gasteiger partial charge in [-0.05, 0) is 74.1 Å². The molecule has 2 aromatic rings. The van der Waals surface area contributed by atoms with E-state index in [1.54, 1.807) is 21.1 Å². The van der Waals surface area contributed by atoms with Crippen molar-refractivity contribution < 1.29 is 38.3 Å². The van der Waals surface area contributed by atoms with Gasteiger partial charge in [-0.3, -0.25) is 0 Å². The molecule has 0 spiro atoms. The van der Waals surface area contributed by atoms with Crippen molar-refractivity contribution in [3.8, 4) is 5.75 Å². The topological polar surface area (TPSA) is 120 Å². The number of piperidine rings is 1. The number of nitrogens with zero attached hydrogens (tertiary/aromatic N) is 1. The van der Waals surface area contributed by atoms with E-state index in [2.05, 4.69) is 66.5 Å². The van der Waals surface area contributed by atoms with Crippen molar-refractivity contribution in [1.82, 2.24) is 5.32 Å². The molecule has 11 heteroatoms. The molecule has 2 heterocycles. The number of nitrogens with one attached hydrogen (secondary N) is 1. The minimum Gasteiger partial charge on any atom is -0.483 e. The van der Waals surface area contributed by atoms with Crippen LogP contribution in [0.4, 0.5) is 0 Å². The van der Waals surface area contributed by atoms with Crippen molar-refractivity contribution in [1.29, 1.82) is 0 Å². The molecule has 4 atom stereocenters. The first-order valence-corrected chi connectivity index (χ1v) is 15.6. The van der Waals surface area contributed by atoms with E-state index in [1.165, 1.54) is 5.57 Å². The maximum Gasteiger partial charge on any atom is 0.294 e. The average Bonchev–Trinajstić information content (AvgIpc) is 3.01. The van der Waals surface area contributed by atoms with Crippen molar-refractivity contribution in [2.75, 3.05) is 53.7 Å². The zero-order valence-corrected chi connectivity index (χ0v) is 27.1.